The molecule has 1 aliphatic rings. The first-order valence-corrected chi connectivity index (χ1v) is 6.60. The third-order valence-corrected chi connectivity index (χ3v) is 4.18. The fraction of sp³-hybridized carbons (Fsp3) is 0.636. The summed E-state index contributed by atoms with van der Waals surface area (Å²) < 4.78 is 0.892. The summed E-state index contributed by atoms with van der Waals surface area (Å²) in [5.41, 5.74) is 0. The standard InChI is InChI=1S/C11H17ClN2S/c1-14(9-4-6-13-7-5-9)8-10-2-3-11(12)15-10/h2-3,9,13H,4-8H2,1H3. The van der Waals surface area contributed by atoms with E-state index in [2.05, 4.69) is 23.3 Å². The Bertz CT molecular complexity index is 307. The van der Waals surface area contributed by atoms with E-state index >= 15 is 0 Å². The lowest BCUT2D eigenvalue weighted by Crippen LogP contribution is -2.40. The molecule has 0 spiro atoms. The van der Waals surface area contributed by atoms with E-state index in [-0.39, 0.29) is 0 Å². The zero-order chi connectivity index (χ0) is 10.7. The molecule has 2 heterocycles. The molecule has 0 aromatic carbocycles. The van der Waals surface area contributed by atoms with E-state index in [0.717, 1.165) is 30.0 Å². The number of nitrogens with one attached hydrogen (secondary N) is 1. The number of halogens is 1. The molecule has 1 aliphatic heterocycles. The summed E-state index contributed by atoms with van der Waals surface area (Å²) in [6.07, 6.45) is 2.52. The maximum atomic E-state index is 5.92. The van der Waals surface area contributed by atoms with E-state index in [1.54, 1.807) is 11.3 Å². The van der Waals surface area contributed by atoms with E-state index < -0.39 is 0 Å². The molecule has 0 unspecified atom stereocenters. The summed E-state index contributed by atoms with van der Waals surface area (Å²) in [5.74, 6) is 0. The van der Waals surface area contributed by atoms with E-state index in [1.807, 2.05) is 6.07 Å². The van der Waals surface area contributed by atoms with E-state index in [9.17, 15) is 0 Å². The summed E-state index contributed by atoms with van der Waals surface area (Å²) in [6.45, 7) is 3.34. The number of rotatable bonds is 3. The van der Waals surface area contributed by atoms with Crippen molar-refractivity contribution in [1.82, 2.24) is 10.2 Å². The molecule has 1 N–H and O–H groups in total. The minimum absolute atomic E-state index is 0.729. The number of hydrogen-bond acceptors (Lipinski definition) is 3. The van der Waals surface area contributed by atoms with Crippen LogP contribution in [0.3, 0.4) is 0 Å². The maximum absolute atomic E-state index is 5.92. The summed E-state index contributed by atoms with van der Waals surface area (Å²) in [4.78, 5) is 3.81. The summed E-state index contributed by atoms with van der Waals surface area (Å²) in [6, 6.07) is 4.84. The monoisotopic (exact) mass is 244 g/mol. The Morgan fingerprint density at radius 2 is 2.20 bits per heavy atom. The van der Waals surface area contributed by atoms with Crippen LogP contribution in [0.4, 0.5) is 0 Å². The van der Waals surface area contributed by atoms with E-state index in [1.165, 1.54) is 17.7 Å². The van der Waals surface area contributed by atoms with Gasteiger partial charge in [0.25, 0.3) is 0 Å². The van der Waals surface area contributed by atoms with Crippen molar-refractivity contribution in [3.63, 3.8) is 0 Å². The molecule has 0 radical (unpaired) electrons. The molecule has 1 aromatic heterocycles. The zero-order valence-electron chi connectivity index (χ0n) is 9.00. The van der Waals surface area contributed by atoms with E-state index in [4.69, 9.17) is 11.6 Å². The minimum Gasteiger partial charge on any atom is -0.317 e. The molecule has 1 fully saturated rings. The van der Waals surface area contributed by atoms with Crippen LogP contribution in [0.1, 0.15) is 17.7 Å². The van der Waals surface area contributed by atoms with Crippen LogP contribution in [0.5, 0.6) is 0 Å². The predicted octanol–water partition coefficient (Wildman–Crippen LogP) is 2.59. The van der Waals surface area contributed by atoms with Crippen LogP contribution in [0.25, 0.3) is 0 Å². The van der Waals surface area contributed by atoms with E-state index in [0.29, 0.717) is 0 Å². The van der Waals surface area contributed by atoms with Crippen LogP contribution in [0.15, 0.2) is 12.1 Å². The highest BCUT2D eigenvalue weighted by atomic mass is 35.5. The van der Waals surface area contributed by atoms with Crippen molar-refractivity contribution in [2.45, 2.75) is 25.4 Å². The van der Waals surface area contributed by atoms with Gasteiger partial charge in [0, 0.05) is 17.5 Å². The third-order valence-electron chi connectivity index (χ3n) is 2.97. The molecule has 1 aromatic rings. The van der Waals surface area contributed by atoms with Crippen molar-refractivity contribution in [2.75, 3.05) is 20.1 Å². The van der Waals surface area contributed by atoms with Crippen molar-refractivity contribution in [1.29, 1.82) is 0 Å². The second kappa shape index (κ2) is 5.30. The largest absolute Gasteiger partial charge is 0.317 e. The zero-order valence-corrected chi connectivity index (χ0v) is 10.6. The fourth-order valence-corrected chi connectivity index (χ4v) is 3.21. The highest BCUT2D eigenvalue weighted by Gasteiger charge is 2.17. The van der Waals surface area contributed by atoms with Gasteiger partial charge in [-0.15, -0.1) is 11.3 Å². The topological polar surface area (TPSA) is 15.3 Å². The van der Waals surface area contributed by atoms with Crippen LogP contribution < -0.4 is 5.32 Å². The third kappa shape index (κ3) is 3.18. The quantitative estimate of drug-likeness (QED) is 0.879. The molecule has 15 heavy (non-hydrogen) atoms. The Labute approximate surface area is 100 Å². The van der Waals surface area contributed by atoms with Gasteiger partial charge in [0.1, 0.15) is 0 Å². The first-order valence-electron chi connectivity index (χ1n) is 5.41. The van der Waals surface area contributed by atoms with Gasteiger partial charge < -0.3 is 5.32 Å². The molecule has 84 valence electrons. The average molecular weight is 245 g/mol. The number of hydrogen-bond donors (Lipinski definition) is 1. The molecule has 0 saturated carbocycles. The lowest BCUT2D eigenvalue weighted by Gasteiger charge is -2.31. The van der Waals surface area contributed by atoms with Crippen LogP contribution in [0, 0.1) is 0 Å². The summed E-state index contributed by atoms with van der Waals surface area (Å²) in [7, 11) is 2.21. The number of piperidine rings is 1. The van der Waals surface area contributed by atoms with Gasteiger partial charge in [0.15, 0.2) is 0 Å². The van der Waals surface area contributed by atoms with Crippen LogP contribution in [0.2, 0.25) is 4.34 Å². The van der Waals surface area contributed by atoms with Crippen LogP contribution in [-0.2, 0) is 6.54 Å². The van der Waals surface area contributed by atoms with Crippen molar-refractivity contribution in [3.05, 3.63) is 21.3 Å². The molecule has 1 saturated heterocycles. The Kier molecular flexibility index (Phi) is 4.03. The first-order chi connectivity index (χ1) is 7.25. The highest BCUT2D eigenvalue weighted by molar-refractivity contribution is 7.16. The van der Waals surface area contributed by atoms with Gasteiger partial charge in [0.05, 0.1) is 4.34 Å². The maximum Gasteiger partial charge on any atom is 0.0931 e. The average Bonchev–Trinajstić information content (AvgIpc) is 2.65. The Balaban J connectivity index is 1.88. The van der Waals surface area contributed by atoms with Gasteiger partial charge in [-0.1, -0.05) is 11.6 Å². The molecule has 0 amide bonds. The van der Waals surface area contributed by atoms with Crippen molar-refractivity contribution < 1.29 is 0 Å². The molecule has 0 aliphatic carbocycles. The Hall–Kier alpha value is -0.0900. The summed E-state index contributed by atoms with van der Waals surface area (Å²) in [5, 5.41) is 3.39. The van der Waals surface area contributed by atoms with Gasteiger partial charge in [-0.05, 0) is 45.1 Å². The number of nitrogens with zero attached hydrogens (tertiary/aromatic N) is 1. The van der Waals surface area contributed by atoms with Gasteiger partial charge in [0.2, 0.25) is 0 Å². The molecule has 0 atom stereocenters. The Morgan fingerprint density at radius 3 is 2.80 bits per heavy atom. The molecular weight excluding hydrogens is 228 g/mol. The second-order valence-electron chi connectivity index (χ2n) is 4.10. The predicted molar refractivity (Wildman–Crippen MR) is 66.7 cm³/mol. The lowest BCUT2D eigenvalue weighted by molar-refractivity contribution is 0.193. The van der Waals surface area contributed by atoms with Crippen molar-refractivity contribution in [3.8, 4) is 0 Å². The van der Waals surface area contributed by atoms with Crippen molar-refractivity contribution >= 4 is 22.9 Å². The molecule has 4 heteroatoms. The van der Waals surface area contributed by atoms with Gasteiger partial charge in [-0.25, -0.2) is 0 Å². The SMILES string of the molecule is CN(Cc1ccc(Cl)s1)C1CCNCC1. The molecule has 2 nitrogen and oxygen atoms in total. The smallest absolute Gasteiger partial charge is 0.0931 e. The van der Waals surface area contributed by atoms with Gasteiger partial charge in [-0.2, -0.15) is 0 Å². The second-order valence-corrected chi connectivity index (χ2v) is 5.90. The summed E-state index contributed by atoms with van der Waals surface area (Å²) >= 11 is 7.61. The molecule has 0 bridgehead atoms. The van der Waals surface area contributed by atoms with Gasteiger partial charge >= 0.3 is 0 Å². The van der Waals surface area contributed by atoms with Crippen LogP contribution in [-0.4, -0.2) is 31.1 Å². The van der Waals surface area contributed by atoms with Crippen LogP contribution >= 0.6 is 22.9 Å². The normalized spacial score (nSPS) is 18.6. The number of thiophene rings is 1. The lowest BCUT2D eigenvalue weighted by atomic mass is 10.1. The highest BCUT2D eigenvalue weighted by Crippen LogP contribution is 2.23. The first kappa shape index (κ1) is 11.4. The fourth-order valence-electron chi connectivity index (χ4n) is 2.06. The molecule has 2 rings (SSSR count). The molecular formula is C11H17ClN2S. The Morgan fingerprint density at radius 1 is 1.47 bits per heavy atom. The van der Waals surface area contributed by atoms with Gasteiger partial charge in [-0.3, -0.25) is 4.90 Å². The minimum atomic E-state index is 0.729. The van der Waals surface area contributed by atoms with Crippen molar-refractivity contribution in [2.24, 2.45) is 0 Å².